The lowest BCUT2D eigenvalue weighted by Gasteiger charge is -2.21. The number of aromatic nitrogens is 1. The summed E-state index contributed by atoms with van der Waals surface area (Å²) in [6, 6.07) is 10.2. The largest absolute Gasteiger partial charge is 0.346 e. The number of aryl methyl sites for hydroxylation is 1. The van der Waals surface area contributed by atoms with Crippen molar-refractivity contribution in [2.45, 2.75) is 19.3 Å². The first-order valence-electron chi connectivity index (χ1n) is 7.79. The number of thiazole rings is 1. The number of nitrogens with zero attached hydrogens (tertiary/aromatic N) is 3. The van der Waals surface area contributed by atoms with E-state index in [1.54, 1.807) is 11.3 Å². The van der Waals surface area contributed by atoms with Crippen LogP contribution in [-0.4, -0.2) is 42.0 Å². The second-order valence-electron chi connectivity index (χ2n) is 5.52. The molecule has 116 valence electrons. The molecule has 0 atom stereocenters. The fourth-order valence-corrected chi connectivity index (χ4v) is 3.48. The van der Waals surface area contributed by atoms with E-state index in [0.717, 1.165) is 44.2 Å². The average Bonchev–Trinajstić information content (AvgIpc) is 2.98. The molecule has 0 spiro atoms. The Bertz CT molecular complexity index is 585. The molecule has 0 radical (unpaired) electrons. The Morgan fingerprint density at radius 1 is 1.14 bits per heavy atom. The summed E-state index contributed by atoms with van der Waals surface area (Å²) in [5, 5.41) is 3.07. The lowest BCUT2D eigenvalue weighted by Crippen LogP contribution is -2.35. The Labute approximate surface area is 135 Å². The number of hydrogen-bond acceptors (Lipinski definition) is 4. The van der Waals surface area contributed by atoms with Crippen LogP contribution in [0, 0.1) is 0 Å². The van der Waals surface area contributed by atoms with Gasteiger partial charge in [0.25, 0.3) is 0 Å². The van der Waals surface area contributed by atoms with Crippen LogP contribution in [0.3, 0.4) is 0 Å². The Kier molecular flexibility index (Phi) is 5.06. The van der Waals surface area contributed by atoms with Gasteiger partial charge in [-0.25, -0.2) is 4.98 Å². The van der Waals surface area contributed by atoms with Crippen molar-refractivity contribution >= 4 is 22.4 Å². The van der Waals surface area contributed by atoms with Crippen LogP contribution in [0.5, 0.6) is 0 Å². The third kappa shape index (κ3) is 3.85. The van der Waals surface area contributed by atoms with Crippen molar-refractivity contribution in [3.05, 3.63) is 47.5 Å². The fraction of sp³-hybridized carbons (Fsp3) is 0.412. The molecule has 1 saturated heterocycles. The summed E-state index contributed by atoms with van der Waals surface area (Å²) >= 11 is 1.67. The molecule has 2 heterocycles. The Hall–Kier alpha value is -1.88. The van der Waals surface area contributed by atoms with Crippen molar-refractivity contribution in [1.82, 2.24) is 9.88 Å². The standard InChI is InChI=1S/C17H21N3OS/c21-16(8-7-15-5-2-1-3-6-15)19-10-4-11-20(13-12-19)17-18-9-14-22-17/h1-3,5-6,9,14H,4,7-8,10-13H2. The van der Waals surface area contributed by atoms with Gasteiger partial charge in [0.15, 0.2) is 5.13 Å². The van der Waals surface area contributed by atoms with Gasteiger partial charge in [-0.3, -0.25) is 4.79 Å². The minimum absolute atomic E-state index is 0.268. The highest BCUT2D eigenvalue weighted by Gasteiger charge is 2.19. The molecule has 1 aliphatic heterocycles. The summed E-state index contributed by atoms with van der Waals surface area (Å²) < 4.78 is 0. The van der Waals surface area contributed by atoms with Crippen molar-refractivity contribution in [3.63, 3.8) is 0 Å². The predicted octanol–water partition coefficient (Wildman–Crippen LogP) is 2.81. The van der Waals surface area contributed by atoms with Crippen molar-refractivity contribution in [2.75, 3.05) is 31.1 Å². The average molecular weight is 315 g/mol. The number of anilines is 1. The van der Waals surface area contributed by atoms with Crippen LogP contribution >= 0.6 is 11.3 Å². The maximum absolute atomic E-state index is 12.4. The van der Waals surface area contributed by atoms with Gasteiger partial charge in [-0.2, -0.15) is 0 Å². The van der Waals surface area contributed by atoms with E-state index in [9.17, 15) is 4.79 Å². The van der Waals surface area contributed by atoms with E-state index in [4.69, 9.17) is 0 Å². The van der Waals surface area contributed by atoms with Gasteiger partial charge < -0.3 is 9.80 Å². The van der Waals surface area contributed by atoms with E-state index in [0.29, 0.717) is 6.42 Å². The van der Waals surface area contributed by atoms with Crippen molar-refractivity contribution < 1.29 is 4.79 Å². The summed E-state index contributed by atoms with van der Waals surface area (Å²) in [7, 11) is 0. The molecule has 1 amide bonds. The molecule has 0 unspecified atom stereocenters. The molecule has 3 rings (SSSR count). The summed E-state index contributed by atoms with van der Waals surface area (Å²) in [5.74, 6) is 0.268. The van der Waals surface area contributed by atoms with Crippen LogP contribution in [0.4, 0.5) is 5.13 Å². The molecule has 1 fully saturated rings. The van der Waals surface area contributed by atoms with Crippen LogP contribution in [0.2, 0.25) is 0 Å². The smallest absolute Gasteiger partial charge is 0.222 e. The van der Waals surface area contributed by atoms with Gasteiger partial charge in [-0.15, -0.1) is 11.3 Å². The van der Waals surface area contributed by atoms with Crippen LogP contribution in [-0.2, 0) is 11.2 Å². The van der Waals surface area contributed by atoms with Gasteiger partial charge in [0.2, 0.25) is 5.91 Å². The maximum Gasteiger partial charge on any atom is 0.222 e. The van der Waals surface area contributed by atoms with Crippen LogP contribution in [0.15, 0.2) is 41.9 Å². The highest BCUT2D eigenvalue weighted by Crippen LogP contribution is 2.19. The summed E-state index contributed by atoms with van der Waals surface area (Å²) in [4.78, 5) is 21.1. The lowest BCUT2D eigenvalue weighted by atomic mass is 10.1. The molecule has 0 bridgehead atoms. The van der Waals surface area contributed by atoms with E-state index >= 15 is 0 Å². The molecule has 1 aromatic carbocycles. The maximum atomic E-state index is 12.4. The third-order valence-electron chi connectivity index (χ3n) is 4.01. The zero-order valence-corrected chi connectivity index (χ0v) is 13.5. The van der Waals surface area contributed by atoms with Crippen LogP contribution in [0.25, 0.3) is 0 Å². The topological polar surface area (TPSA) is 36.4 Å². The predicted molar refractivity (Wildman–Crippen MR) is 90.3 cm³/mol. The van der Waals surface area contributed by atoms with Gasteiger partial charge in [0.1, 0.15) is 0 Å². The van der Waals surface area contributed by atoms with Crippen molar-refractivity contribution in [3.8, 4) is 0 Å². The molecular weight excluding hydrogens is 294 g/mol. The molecule has 0 saturated carbocycles. The lowest BCUT2D eigenvalue weighted by molar-refractivity contribution is -0.130. The number of amides is 1. The number of rotatable bonds is 4. The highest BCUT2D eigenvalue weighted by molar-refractivity contribution is 7.13. The van der Waals surface area contributed by atoms with E-state index in [2.05, 4.69) is 22.0 Å². The monoisotopic (exact) mass is 315 g/mol. The van der Waals surface area contributed by atoms with Crippen LogP contribution in [0.1, 0.15) is 18.4 Å². The second kappa shape index (κ2) is 7.40. The SMILES string of the molecule is O=C(CCc1ccccc1)N1CCCN(c2nccs2)CC1. The molecule has 0 aliphatic carbocycles. The van der Waals surface area contributed by atoms with Gasteiger partial charge in [-0.1, -0.05) is 30.3 Å². The normalized spacial score (nSPS) is 15.6. The van der Waals surface area contributed by atoms with Crippen LogP contribution < -0.4 is 4.90 Å². The molecule has 1 aromatic heterocycles. The van der Waals surface area contributed by atoms with Gasteiger partial charge >= 0.3 is 0 Å². The Balaban J connectivity index is 1.51. The molecular formula is C17H21N3OS. The van der Waals surface area contributed by atoms with E-state index in [1.807, 2.05) is 34.7 Å². The molecule has 4 nitrogen and oxygen atoms in total. The van der Waals surface area contributed by atoms with E-state index in [-0.39, 0.29) is 5.91 Å². The van der Waals surface area contributed by atoms with Crippen molar-refractivity contribution in [2.24, 2.45) is 0 Å². The van der Waals surface area contributed by atoms with E-state index in [1.165, 1.54) is 5.56 Å². The zero-order valence-electron chi connectivity index (χ0n) is 12.6. The Morgan fingerprint density at radius 2 is 2.00 bits per heavy atom. The number of benzene rings is 1. The van der Waals surface area contributed by atoms with Crippen molar-refractivity contribution in [1.29, 1.82) is 0 Å². The van der Waals surface area contributed by atoms with Gasteiger partial charge in [0, 0.05) is 44.2 Å². The number of hydrogen-bond donors (Lipinski definition) is 0. The molecule has 22 heavy (non-hydrogen) atoms. The fourth-order valence-electron chi connectivity index (χ4n) is 2.78. The van der Waals surface area contributed by atoms with Gasteiger partial charge in [-0.05, 0) is 18.4 Å². The molecule has 5 heteroatoms. The molecule has 1 aliphatic rings. The minimum Gasteiger partial charge on any atom is -0.346 e. The summed E-state index contributed by atoms with van der Waals surface area (Å²) in [5.41, 5.74) is 1.23. The minimum atomic E-state index is 0.268. The number of carbonyl (C=O) groups excluding carboxylic acids is 1. The second-order valence-corrected chi connectivity index (χ2v) is 6.39. The Morgan fingerprint density at radius 3 is 2.77 bits per heavy atom. The zero-order chi connectivity index (χ0) is 15.2. The third-order valence-corrected chi connectivity index (χ3v) is 4.84. The highest BCUT2D eigenvalue weighted by atomic mass is 32.1. The molecule has 0 N–H and O–H groups in total. The first-order valence-corrected chi connectivity index (χ1v) is 8.67. The molecule has 2 aromatic rings. The quantitative estimate of drug-likeness (QED) is 0.870. The first-order chi connectivity index (χ1) is 10.8. The van der Waals surface area contributed by atoms with Gasteiger partial charge in [0.05, 0.1) is 0 Å². The summed E-state index contributed by atoms with van der Waals surface area (Å²) in [6.07, 6.45) is 4.28. The van der Waals surface area contributed by atoms with E-state index < -0.39 is 0 Å². The summed E-state index contributed by atoms with van der Waals surface area (Å²) in [6.45, 7) is 3.52. The number of carbonyl (C=O) groups is 1. The first kappa shape index (κ1) is 15.0.